The Balaban J connectivity index is 2.16. The van der Waals surface area contributed by atoms with Crippen molar-refractivity contribution in [3.63, 3.8) is 0 Å². The molecule has 0 aliphatic heterocycles. The van der Waals surface area contributed by atoms with Crippen molar-refractivity contribution >= 4 is 0 Å². The average Bonchev–Trinajstić information content (AvgIpc) is 2.33. The van der Waals surface area contributed by atoms with Gasteiger partial charge < -0.3 is 5.32 Å². The summed E-state index contributed by atoms with van der Waals surface area (Å²) in [5.41, 5.74) is 0.650. The van der Waals surface area contributed by atoms with Crippen LogP contribution in [0.15, 0.2) is 0 Å². The van der Waals surface area contributed by atoms with E-state index in [-0.39, 0.29) is 5.89 Å². The first-order chi connectivity index (χ1) is 9.09. The third-order valence-electron chi connectivity index (χ3n) is 7.99. The van der Waals surface area contributed by atoms with Crippen molar-refractivity contribution < 1.29 is 1.37 Å². The number of hydrogen-bond donors (Lipinski definition) is 1. The summed E-state index contributed by atoms with van der Waals surface area (Å²) < 4.78 is 8.80. The lowest BCUT2D eigenvalue weighted by Crippen LogP contribution is -2.75. The molecule has 0 aromatic carbocycles. The van der Waals surface area contributed by atoms with Gasteiger partial charge in [-0.1, -0.05) is 41.5 Å². The fourth-order valence-electron chi connectivity index (χ4n) is 7.10. The Hall–Kier alpha value is -0.0400. The molecule has 4 fully saturated rings. The lowest BCUT2D eigenvalue weighted by Gasteiger charge is -2.74. The monoisotopic (exact) mass is 264 g/mol. The molecule has 4 aliphatic carbocycles. The van der Waals surface area contributed by atoms with E-state index < -0.39 is 0 Å². The molecule has 4 rings (SSSR count). The van der Waals surface area contributed by atoms with E-state index >= 15 is 0 Å². The second kappa shape index (κ2) is 4.00. The minimum Gasteiger partial charge on any atom is -0.314 e. The van der Waals surface area contributed by atoms with Gasteiger partial charge in [0.15, 0.2) is 0 Å². The number of hydrogen-bond acceptors (Lipinski definition) is 1. The van der Waals surface area contributed by atoms with Crippen molar-refractivity contribution in [2.45, 2.75) is 59.9 Å². The standard InChI is InChI=1S/C18H33N/c1-10(2)16-15-11(3)14-8-17(16,6)13(5)18(9-14,19-7)12(15)4/h10-16,19H,8-9H2,1-7H3/i10D. The van der Waals surface area contributed by atoms with Gasteiger partial charge in [-0.2, -0.15) is 0 Å². The van der Waals surface area contributed by atoms with E-state index in [9.17, 15) is 0 Å². The molecule has 1 nitrogen and oxygen atoms in total. The molecule has 4 saturated carbocycles. The van der Waals surface area contributed by atoms with Gasteiger partial charge in [-0.15, -0.1) is 0 Å². The molecule has 0 heterocycles. The van der Waals surface area contributed by atoms with E-state index in [1.54, 1.807) is 0 Å². The Labute approximate surface area is 121 Å². The van der Waals surface area contributed by atoms with Gasteiger partial charge in [0.1, 0.15) is 0 Å². The maximum atomic E-state index is 8.80. The number of rotatable bonds is 2. The van der Waals surface area contributed by atoms with Gasteiger partial charge in [-0.25, -0.2) is 0 Å². The summed E-state index contributed by atoms with van der Waals surface area (Å²) in [4.78, 5) is 0. The summed E-state index contributed by atoms with van der Waals surface area (Å²) in [6.45, 7) is 14.2. The van der Waals surface area contributed by atoms with Crippen LogP contribution in [0.1, 0.15) is 55.8 Å². The minimum atomic E-state index is -0.321. The van der Waals surface area contributed by atoms with Crippen molar-refractivity contribution in [3.8, 4) is 0 Å². The molecule has 0 aromatic heterocycles. The molecule has 0 aromatic rings. The highest BCUT2D eigenvalue weighted by Gasteiger charge is 2.69. The van der Waals surface area contributed by atoms with E-state index in [1.165, 1.54) is 12.8 Å². The zero-order valence-electron chi connectivity index (χ0n) is 14.9. The molecule has 1 N–H and O–H groups in total. The topological polar surface area (TPSA) is 12.0 Å². The fourth-order valence-corrected chi connectivity index (χ4v) is 7.10. The SMILES string of the molecule is [2H]C(C)(C)C1C2C(C)C3CC1(C)C(C)C(NC)(C3)C2C. The first kappa shape index (κ1) is 12.7. The van der Waals surface area contributed by atoms with E-state index in [4.69, 9.17) is 1.37 Å². The first-order valence-corrected chi connectivity index (χ1v) is 8.28. The maximum Gasteiger partial charge on any atom is 0.0300 e. The van der Waals surface area contributed by atoms with Gasteiger partial charge in [0.2, 0.25) is 0 Å². The van der Waals surface area contributed by atoms with Crippen molar-refractivity contribution in [3.05, 3.63) is 0 Å². The van der Waals surface area contributed by atoms with Crippen LogP contribution >= 0.6 is 0 Å². The van der Waals surface area contributed by atoms with Crippen LogP contribution < -0.4 is 5.32 Å². The highest BCUT2D eigenvalue weighted by atomic mass is 15.0. The van der Waals surface area contributed by atoms with E-state index in [2.05, 4.69) is 53.9 Å². The fraction of sp³-hybridized carbons (Fsp3) is 1.00. The predicted molar refractivity (Wildman–Crippen MR) is 81.9 cm³/mol. The molecule has 8 unspecified atom stereocenters. The first-order valence-electron chi connectivity index (χ1n) is 8.78. The maximum absolute atomic E-state index is 8.80. The van der Waals surface area contributed by atoms with Gasteiger partial charge >= 0.3 is 0 Å². The summed E-state index contributed by atoms with van der Waals surface area (Å²) in [6, 6.07) is 0. The van der Waals surface area contributed by atoms with Crippen LogP contribution in [0.5, 0.6) is 0 Å². The largest absolute Gasteiger partial charge is 0.314 e. The van der Waals surface area contributed by atoms with Crippen LogP contribution in [0.4, 0.5) is 0 Å². The Morgan fingerprint density at radius 2 is 1.84 bits per heavy atom. The smallest absolute Gasteiger partial charge is 0.0300 e. The van der Waals surface area contributed by atoms with E-state index in [1.807, 2.05) is 0 Å². The molecular formula is C18H33N. The van der Waals surface area contributed by atoms with Crippen LogP contribution in [0.3, 0.4) is 0 Å². The van der Waals surface area contributed by atoms with Crippen LogP contribution in [-0.2, 0) is 0 Å². The lowest BCUT2D eigenvalue weighted by molar-refractivity contribution is -0.230. The third kappa shape index (κ3) is 1.41. The van der Waals surface area contributed by atoms with Crippen molar-refractivity contribution in [1.29, 1.82) is 0 Å². The molecule has 110 valence electrons. The summed E-state index contributed by atoms with van der Waals surface area (Å²) in [7, 11) is 2.18. The van der Waals surface area contributed by atoms with Crippen LogP contribution in [0.2, 0.25) is 0 Å². The Bertz CT molecular complexity index is 414. The molecular weight excluding hydrogens is 230 g/mol. The average molecular weight is 264 g/mol. The second-order valence-corrected chi connectivity index (χ2v) is 8.47. The normalized spacial score (nSPS) is 61.3. The zero-order chi connectivity index (χ0) is 15.1. The quantitative estimate of drug-likeness (QED) is 0.789. The van der Waals surface area contributed by atoms with Gasteiger partial charge in [0, 0.05) is 6.91 Å². The van der Waals surface area contributed by atoms with Crippen molar-refractivity contribution in [2.75, 3.05) is 7.05 Å². The molecule has 19 heavy (non-hydrogen) atoms. The molecule has 0 radical (unpaired) electrons. The Morgan fingerprint density at radius 3 is 2.37 bits per heavy atom. The summed E-state index contributed by atoms with van der Waals surface area (Å²) >= 11 is 0. The van der Waals surface area contributed by atoms with Crippen LogP contribution in [0.25, 0.3) is 0 Å². The molecule has 0 saturated heterocycles. The van der Waals surface area contributed by atoms with E-state index in [0.717, 1.165) is 11.8 Å². The van der Waals surface area contributed by atoms with Gasteiger partial charge in [0.25, 0.3) is 0 Å². The lowest BCUT2D eigenvalue weighted by atomic mass is 9.33. The Morgan fingerprint density at radius 1 is 1.21 bits per heavy atom. The highest BCUT2D eigenvalue weighted by Crippen LogP contribution is 2.71. The summed E-state index contributed by atoms with van der Waals surface area (Å²) in [6.07, 6.45) is 2.69. The van der Waals surface area contributed by atoms with Crippen LogP contribution in [0, 0.1) is 46.8 Å². The molecule has 8 atom stereocenters. The zero-order valence-corrected chi connectivity index (χ0v) is 13.9. The van der Waals surface area contributed by atoms with Crippen molar-refractivity contribution in [2.24, 2.45) is 46.8 Å². The van der Waals surface area contributed by atoms with Gasteiger partial charge in [0.05, 0.1) is 0 Å². The summed E-state index contributed by atoms with van der Waals surface area (Å²) in [5, 5.41) is 3.77. The third-order valence-corrected chi connectivity index (χ3v) is 7.99. The summed E-state index contributed by atoms with van der Waals surface area (Å²) in [5.74, 6) is 3.95. The highest BCUT2D eigenvalue weighted by molar-refractivity contribution is 5.20. The second-order valence-electron chi connectivity index (χ2n) is 8.47. The van der Waals surface area contributed by atoms with E-state index in [0.29, 0.717) is 34.6 Å². The molecule has 1 heteroatoms. The number of nitrogens with one attached hydrogen (secondary N) is 1. The molecule has 0 amide bonds. The minimum absolute atomic E-state index is 0.316. The molecule has 4 bridgehead atoms. The van der Waals surface area contributed by atoms with Crippen LogP contribution in [-0.4, -0.2) is 12.6 Å². The van der Waals surface area contributed by atoms with Gasteiger partial charge in [-0.3, -0.25) is 0 Å². The van der Waals surface area contributed by atoms with Gasteiger partial charge in [-0.05, 0) is 66.7 Å². The predicted octanol–water partition coefficient (Wildman–Crippen LogP) is 4.18. The Kier molecular flexibility index (Phi) is 2.67. The molecule has 0 spiro atoms. The van der Waals surface area contributed by atoms with Crippen molar-refractivity contribution in [1.82, 2.24) is 5.32 Å². The molecule has 4 aliphatic rings.